The summed E-state index contributed by atoms with van der Waals surface area (Å²) in [6, 6.07) is 10.6. The monoisotopic (exact) mass is 538 g/mol. The van der Waals surface area contributed by atoms with Crippen molar-refractivity contribution in [1.82, 2.24) is 9.88 Å². The summed E-state index contributed by atoms with van der Waals surface area (Å²) in [5.74, 6) is -0.329. The number of hydrogen-bond acceptors (Lipinski definition) is 8. The number of aromatic nitrogens is 1. The maximum atomic E-state index is 13.3. The van der Waals surface area contributed by atoms with E-state index in [2.05, 4.69) is 4.98 Å². The number of nitrogens with two attached hydrogens (primary N) is 1. The lowest BCUT2D eigenvalue weighted by atomic mass is 9.96. The molecule has 2 aliphatic heterocycles. The number of carbonyl (C=O) groups is 4. The molecule has 1 unspecified atom stereocenters. The van der Waals surface area contributed by atoms with E-state index < -0.39 is 6.10 Å². The summed E-state index contributed by atoms with van der Waals surface area (Å²) in [6.45, 7) is 1.32. The van der Waals surface area contributed by atoms with Gasteiger partial charge in [-0.15, -0.1) is 22.7 Å². The Kier molecular flexibility index (Phi) is 7.33. The minimum atomic E-state index is -0.842. The van der Waals surface area contributed by atoms with Crippen LogP contribution in [0.25, 0.3) is 0 Å². The van der Waals surface area contributed by atoms with E-state index in [1.54, 1.807) is 39.4 Å². The topological polar surface area (TPSA) is 123 Å². The number of ether oxygens (including phenoxy) is 1. The van der Waals surface area contributed by atoms with Gasteiger partial charge in [-0.2, -0.15) is 0 Å². The number of hydrogen-bond donors (Lipinski definition) is 1. The molecule has 1 saturated heterocycles. The van der Waals surface area contributed by atoms with Gasteiger partial charge in [-0.1, -0.05) is 18.2 Å². The van der Waals surface area contributed by atoms with Crippen molar-refractivity contribution in [3.63, 3.8) is 0 Å². The number of Topliss-reactive ketones (excluding diaryl/α,β-unsaturated/α-hetero) is 1. The van der Waals surface area contributed by atoms with Gasteiger partial charge in [-0.3, -0.25) is 24.1 Å². The fourth-order valence-electron chi connectivity index (χ4n) is 4.59. The third-order valence-corrected chi connectivity index (χ3v) is 8.38. The first-order valence-corrected chi connectivity index (χ1v) is 13.9. The van der Waals surface area contributed by atoms with Crippen LogP contribution in [0, 0.1) is 5.92 Å². The average Bonchev–Trinajstić information content (AvgIpc) is 3.67. The van der Waals surface area contributed by atoms with E-state index in [0.717, 1.165) is 0 Å². The second-order valence-electron chi connectivity index (χ2n) is 9.01. The number of primary amides is 1. The number of nitrogens with zero attached hydrogens (tertiary/aromatic N) is 3. The highest BCUT2D eigenvalue weighted by Gasteiger charge is 2.36. The second-order valence-corrected chi connectivity index (χ2v) is 10.8. The number of para-hydroxylation sites is 1. The maximum Gasteiger partial charge on any atom is 0.270 e. The Balaban J connectivity index is 1.26. The average molecular weight is 539 g/mol. The fourth-order valence-corrected chi connectivity index (χ4v) is 6.12. The zero-order chi connectivity index (χ0) is 25.9. The molecular formula is C26H26N4O5S2. The first kappa shape index (κ1) is 25.1. The second kappa shape index (κ2) is 10.8. The molecule has 2 N–H and O–H groups in total. The van der Waals surface area contributed by atoms with Gasteiger partial charge in [0.1, 0.15) is 11.4 Å². The summed E-state index contributed by atoms with van der Waals surface area (Å²) < 4.78 is 5.85. The van der Waals surface area contributed by atoms with Crippen LogP contribution in [-0.2, 0) is 9.59 Å². The Hall–Kier alpha value is -3.57. The number of carbonyl (C=O) groups excluding carboxylic acids is 4. The van der Waals surface area contributed by atoms with Crippen molar-refractivity contribution in [3.8, 4) is 5.75 Å². The lowest BCUT2D eigenvalue weighted by Crippen LogP contribution is -2.42. The standard InChI is InChI=1S/C26H26N4O5S2/c27-24(33)16-9-12-29(13-10-16)21(31)8-3-11-30(25(34)20-7-4-14-36-20)26-28-18(15-37-26)23-22(32)17-5-1-2-6-19(17)35-23/h1-2,4-7,14-16,23H,3,8-13H2,(H2,27,33). The predicted octanol–water partition coefficient (Wildman–Crippen LogP) is 3.67. The number of likely N-dealkylation sites (tertiary alicyclic amines) is 1. The number of rotatable bonds is 8. The number of thiazole rings is 1. The van der Waals surface area contributed by atoms with Crippen molar-refractivity contribution in [3.05, 3.63) is 63.3 Å². The first-order chi connectivity index (χ1) is 17.9. The Labute approximate surface area is 221 Å². The van der Waals surface area contributed by atoms with Gasteiger partial charge in [0.05, 0.1) is 10.4 Å². The molecule has 11 heteroatoms. The normalized spacial score (nSPS) is 17.4. The molecule has 5 rings (SSSR count). The van der Waals surface area contributed by atoms with Crippen molar-refractivity contribution in [2.75, 3.05) is 24.5 Å². The molecule has 0 bridgehead atoms. The Morgan fingerprint density at radius 2 is 1.89 bits per heavy atom. The van der Waals surface area contributed by atoms with E-state index in [4.69, 9.17) is 10.5 Å². The van der Waals surface area contributed by atoms with Crippen LogP contribution in [0.1, 0.15) is 57.5 Å². The predicted molar refractivity (Wildman–Crippen MR) is 140 cm³/mol. The fraction of sp³-hybridized carbons (Fsp3) is 0.346. The van der Waals surface area contributed by atoms with Gasteiger partial charge < -0.3 is 15.4 Å². The Morgan fingerprint density at radius 1 is 1.11 bits per heavy atom. The maximum absolute atomic E-state index is 13.3. The molecule has 2 aromatic heterocycles. The summed E-state index contributed by atoms with van der Waals surface area (Å²) in [5.41, 5.74) is 6.36. The minimum absolute atomic E-state index is 0.00557. The largest absolute Gasteiger partial charge is 0.475 e. The summed E-state index contributed by atoms with van der Waals surface area (Å²) in [4.78, 5) is 58.8. The third kappa shape index (κ3) is 5.28. The molecule has 3 aromatic rings. The first-order valence-electron chi connectivity index (χ1n) is 12.1. The van der Waals surface area contributed by atoms with Gasteiger partial charge in [-0.05, 0) is 42.8 Å². The molecule has 1 atom stereocenters. The molecular weight excluding hydrogens is 512 g/mol. The van der Waals surface area contributed by atoms with E-state index in [-0.39, 0.29) is 35.8 Å². The number of anilines is 1. The molecule has 1 fully saturated rings. The SMILES string of the molecule is NC(=O)C1CCN(C(=O)CCCN(C(=O)c2cccs2)c2nc(C3Oc4ccccc4C3=O)cs2)CC1. The van der Waals surface area contributed by atoms with E-state index in [1.807, 2.05) is 17.5 Å². The number of benzene rings is 1. The molecule has 0 aliphatic carbocycles. The zero-order valence-electron chi connectivity index (χ0n) is 20.0. The minimum Gasteiger partial charge on any atom is -0.475 e. The van der Waals surface area contributed by atoms with Crippen molar-refractivity contribution in [2.45, 2.75) is 31.8 Å². The van der Waals surface area contributed by atoms with Gasteiger partial charge in [0.2, 0.25) is 23.7 Å². The number of fused-ring (bicyclic) bond motifs is 1. The quantitative estimate of drug-likeness (QED) is 0.467. The third-order valence-electron chi connectivity index (χ3n) is 6.64. The molecule has 9 nitrogen and oxygen atoms in total. The van der Waals surface area contributed by atoms with E-state index in [9.17, 15) is 19.2 Å². The van der Waals surface area contributed by atoms with Crippen LogP contribution in [-0.4, -0.2) is 53.0 Å². The molecule has 0 spiro atoms. The van der Waals surface area contributed by atoms with Crippen molar-refractivity contribution in [2.24, 2.45) is 11.7 Å². The van der Waals surface area contributed by atoms with Crippen LogP contribution in [0.2, 0.25) is 0 Å². The van der Waals surface area contributed by atoms with Gasteiger partial charge in [0.15, 0.2) is 5.13 Å². The van der Waals surface area contributed by atoms with E-state index >= 15 is 0 Å². The van der Waals surface area contributed by atoms with Gasteiger partial charge in [0.25, 0.3) is 5.91 Å². The highest BCUT2D eigenvalue weighted by molar-refractivity contribution is 7.14. The van der Waals surface area contributed by atoms with E-state index in [1.165, 1.54) is 22.7 Å². The molecule has 37 heavy (non-hydrogen) atoms. The van der Waals surface area contributed by atoms with Crippen LogP contribution in [0.5, 0.6) is 5.75 Å². The molecule has 4 heterocycles. The molecule has 192 valence electrons. The van der Waals surface area contributed by atoms with E-state index in [0.29, 0.717) is 65.9 Å². The number of thiophene rings is 1. The Morgan fingerprint density at radius 3 is 2.59 bits per heavy atom. The van der Waals surface area contributed by atoms with Crippen LogP contribution < -0.4 is 15.4 Å². The van der Waals surface area contributed by atoms with Crippen LogP contribution in [0.15, 0.2) is 47.2 Å². The summed E-state index contributed by atoms with van der Waals surface area (Å²) in [7, 11) is 0. The van der Waals surface area contributed by atoms with Crippen LogP contribution in [0.3, 0.4) is 0 Å². The van der Waals surface area contributed by atoms with Crippen LogP contribution >= 0.6 is 22.7 Å². The number of amides is 3. The smallest absolute Gasteiger partial charge is 0.270 e. The van der Waals surface area contributed by atoms with Crippen molar-refractivity contribution in [1.29, 1.82) is 0 Å². The summed E-state index contributed by atoms with van der Waals surface area (Å²) >= 11 is 2.60. The molecule has 2 aliphatic rings. The molecule has 3 amide bonds. The number of piperidine rings is 1. The summed E-state index contributed by atoms with van der Waals surface area (Å²) in [6.07, 6.45) is 1.04. The van der Waals surface area contributed by atoms with Gasteiger partial charge in [-0.25, -0.2) is 4.98 Å². The molecule has 0 saturated carbocycles. The Bertz CT molecular complexity index is 1310. The summed E-state index contributed by atoms with van der Waals surface area (Å²) in [5, 5.41) is 4.03. The number of ketones is 1. The van der Waals surface area contributed by atoms with Crippen molar-refractivity contribution >= 4 is 51.3 Å². The zero-order valence-corrected chi connectivity index (χ0v) is 21.6. The lowest BCUT2D eigenvalue weighted by Gasteiger charge is -2.30. The van der Waals surface area contributed by atoms with Crippen molar-refractivity contribution < 1.29 is 23.9 Å². The van der Waals surface area contributed by atoms with Crippen LogP contribution in [0.4, 0.5) is 5.13 Å². The van der Waals surface area contributed by atoms with Gasteiger partial charge in [0, 0.05) is 37.4 Å². The molecule has 0 radical (unpaired) electrons. The lowest BCUT2D eigenvalue weighted by molar-refractivity contribution is -0.134. The highest BCUT2D eigenvalue weighted by Crippen LogP contribution is 2.38. The highest BCUT2D eigenvalue weighted by atomic mass is 32.1. The molecule has 1 aromatic carbocycles. The van der Waals surface area contributed by atoms with Gasteiger partial charge >= 0.3 is 0 Å².